The molecule has 0 aliphatic rings. The zero-order valence-corrected chi connectivity index (χ0v) is 10.2. The van der Waals surface area contributed by atoms with Gasteiger partial charge in [-0.2, -0.15) is 0 Å². The molecule has 1 heterocycles. The highest BCUT2D eigenvalue weighted by Gasteiger charge is 2.22. The monoisotopic (exact) mass is 234 g/mol. The molecule has 0 fully saturated rings. The second kappa shape index (κ2) is 4.47. The molecule has 3 N–H and O–H groups in total. The van der Waals surface area contributed by atoms with E-state index in [4.69, 9.17) is 10.2 Å². The lowest BCUT2D eigenvalue weighted by molar-refractivity contribution is 0.0632. The molecule has 1 unspecified atom stereocenters. The van der Waals surface area contributed by atoms with Gasteiger partial charge >= 0.3 is 0 Å². The smallest absolute Gasteiger partial charge is 0.198 e. The van der Waals surface area contributed by atoms with Crippen molar-refractivity contribution in [1.29, 1.82) is 0 Å². The molecule has 92 valence electrons. The fraction of sp³-hybridized carbons (Fsp3) is 0.462. The molecule has 4 heteroatoms. The van der Waals surface area contributed by atoms with E-state index in [-0.39, 0.29) is 6.54 Å². The number of hydrogen-bond acceptors (Lipinski definition) is 4. The minimum atomic E-state index is -0.964. The van der Waals surface area contributed by atoms with Crippen LogP contribution in [0, 0.1) is 0 Å². The molecular formula is C13H18N2O2. The predicted molar refractivity (Wildman–Crippen MR) is 66.8 cm³/mol. The molecule has 17 heavy (non-hydrogen) atoms. The standard InChI is InChI=1S/C13H18N2O2/c1-3-9-4-5-11-10(6-9)15-12(17-11)7-13(2,16)8-14/h4-6,16H,3,7-8,14H2,1-2H3. The first-order chi connectivity index (χ1) is 8.04. The summed E-state index contributed by atoms with van der Waals surface area (Å²) < 4.78 is 5.58. The number of aliphatic hydroxyl groups is 1. The molecule has 0 bridgehead atoms. The summed E-state index contributed by atoms with van der Waals surface area (Å²) in [5, 5.41) is 9.88. The van der Waals surface area contributed by atoms with Crippen LogP contribution in [0.4, 0.5) is 0 Å². The molecule has 1 aromatic heterocycles. The maximum atomic E-state index is 9.88. The Labute approximate surface area is 100 Å². The van der Waals surface area contributed by atoms with Crippen LogP contribution in [0.2, 0.25) is 0 Å². The zero-order valence-electron chi connectivity index (χ0n) is 10.2. The number of oxazole rings is 1. The lowest BCUT2D eigenvalue weighted by Gasteiger charge is -2.18. The molecule has 1 atom stereocenters. The summed E-state index contributed by atoms with van der Waals surface area (Å²) in [6, 6.07) is 5.96. The Morgan fingerprint density at radius 3 is 2.88 bits per heavy atom. The van der Waals surface area contributed by atoms with Crippen LogP contribution in [0.1, 0.15) is 25.3 Å². The summed E-state index contributed by atoms with van der Waals surface area (Å²) in [5.74, 6) is 0.531. The van der Waals surface area contributed by atoms with E-state index in [0.717, 1.165) is 17.5 Å². The van der Waals surface area contributed by atoms with Crippen molar-refractivity contribution >= 4 is 11.1 Å². The van der Waals surface area contributed by atoms with E-state index < -0.39 is 5.60 Å². The number of rotatable bonds is 4. The van der Waals surface area contributed by atoms with Gasteiger partial charge in [-0.25, -0.2) is 4.98 Å². The van der Waals surface area contributed by atoms with Crippen LogP contribution >= 0.6 is 0 Å². The molecule has 0 radical (unpaired) electrons. The van der Waals surface area contributed by atoms with Crippen LogP contribution in [-0.4, -0.2) is 22.2 Å². The van der Waals surface area contributed by atoms with Gasteiger partial charge in [-0.3, -0.25) is 0 Å². The van der Waals surface area contributed by atoms with Crippen molar-refractivity contribution in [2.24, 2.45) is 5.73 Å². The summed E-state index contributed by atoms with van der Waals surface area (Å²) in [4.78, 5) is 4.37. The summed E-state index contributed by atoms with van der Waals surface area (Å²) in [7, 11) is 0. The Balaban J connectivity index is 2.31. The maximum absolute atomic E-state index is 9.88. The van der Waals surface area contributed by atoms with Crippen LogP contribution < -0.4 is 5.73 Å². The Kier molecular flexibility index (Phi) is 3.17. The van der Waals surface area contributed by atoms with Gasteiger partial charge in [-0.15, -0.1) is 0 Å². The number of nitrogens with zero attached hydrogens (tertiary/aromatic N) is 1. The number of aryl methyl sites for hydroxylation is 1. The average Bonchev–Trinajstić information content (AvgIpc) is 2.68. The van der Waals surface area contributed by atoms with Crippen molar-refractivity contribution in [1.82, 2.24) is 4.98 Å². The molecule has 0 spiro atoms. The summed E-state index contributed by atoms with van der Waals surface area (Å²) in [5.41, 5.74) is 7.33. The number of hydrogen-bond donors (Lipinski definition) is 2. The largest absolute Gasteiger partial charge is 0.441 e. The number of fused-ring (bicyclic) bond motifs is 1. The molecule has 1 aromatic carbocycles. The van der Waals surface area contributed by atoms with Crippen LogP contribution in [0.3, 0.4) is 0 Å². The lowest BCUT2D eigenvalue weighted by atomic mass is 10.0. The van der Waals surface area contributed by atoms with Crippen molar-refractivity contribution in [3.63, 3.8) is 0 Å². The Morgan fingerprint density at radius 2 is 2.24 bits per heavy atom. The Hall–Kier alpha value is -1.39. The van der Waals surface area contributed by atoms with E-state index in [2.05, 4.69) is 11.9 Å². The van der Waals surface area contributed by atoms with Gasteiger partial charge in [-0.1, -0.05) is 13.0 Å². The number of nitrogens with two attached hydrogens (primary N) is 1. The first kappa shape index (κ1) is 12.1. The van der Waals surface area contributed by atoms with E-state index in [1.54, 1.807) is 6.92 Å². The Bertz CT molecular complexity index is 517. The van der Waals surface area contributed by atoms with Crippen molar-refractivity contribution in [2.75, 3.05) is 6.54 Å². The van der Waals surface area contributed by atoms with Gasteiger partial charge in [-0.05, 0) is 31.0 Å². The molecule has 0 aliphatic carbocycles. The van der Waals surface area contributed by atoms with Crippen molar-refractivity contribution in [2.45, 2.75) is 32.3 Å². The summed E-state index contributed by atoms with van der Waals surface area (Å²) in [6.07, 6.45) is 1.30. The lowest BCUT2D eigenvalue weighted by Crippen LogP contribution is -2.36. The second-order valence-electron chi connectivity index (χ2n) is 4.64. The SMILES string of the molecule is CCc1ccc2oc(CC(C)(O)CN)nc2c1. The van der Waals surface area contributed by atoms with E-state index in [0.29, 0.717) is 12.3 Å². The second-order valence-corrected chi connectivity index (χ2v) is 4.64. The third-order valence-electron chi connectivity index (χ3n) is 2.88. The van der Waals surface area contributed by atoms with E-state index in [1.807, 2.05) is 18.2 Å². The first-order valence-corrected chi connectivity index (χ1v) is 5.85. The van der Waals surface area contributed by atoms with E-state index in [9.17, 15) is 5.11 Å². The topological polar surface area (TPSA) is 72.3 Å². The van der Waals surface area contributed by atoms with Gasteiger partial charge in [0.25, 0.3) is 0 Å². The molecule has 4 nitrogen and oxygen atoms in total. The third-order valence-corrected chi connectivity index (χ3v) is 2.88. The quantitative estimate of drug-likeness (QED) is 0.843. The maximum Gasteiger partial charge on any atom is 0.198 e. The molecule has 0 amide bonds. The number of benzene rings is 1. The molecule has 2 rings (SSSR count). The van der Waals surface area contributed by atoms with Crippen molar-refractivity contribution < 1.29 is 9.52 Å². The van der Waals surface area contributed by atoms with Crippen LogP contribution in [-0.2, 0) is 12.8 Å². The minimum Gasteiger partial charge on any atom is -0.441 e. The highest BCUT2D eigenvalue weighted by molar-refractivity contribution is 5.73. The molecular weight excluding hydrogens is 216 g/mol. The first-order valence-electron chi connectivity index (χ1n) is 5.85. The normalized spacial score (nSPS) is 15.1. The molecule has 0 saturated heterocycles. The van der Waals surface area contributed by atoms with Gasteiger partial charge in [0.15, 0.2) is 11.5 Å². The number of aromatic nitrogens is 1. The average molecular weight is 234 g/mol. The highest BCUT2D eigenvalue weighted by atomic mass is 16.4. The fourth-order valence-corrected chi connectivity index (χ4v) is 1.71. The Morgan fingerprint density at radius 1 is 1.47 bits per heavy atom. The fourth-order valence-electron chi connectivity index (χ4n) is 1.71. The van der Waals surface area contributed by atoms with Gasteiger partial charge < -0.3 is 15.3 Å². The summed E-state index contributed by atoms with van der Waals surface area (Å²) >= 11 is 0. The third kappa shape index (κ3) is 2.65. The van der Waals surface area contributed by atoms with E-state index >= 15 is 0 Å². The van der Waals surface area contributed by atoms with Crippen molar-refractivity contribution in [3.05, 3.63) is 29.7 Å². The van der Waals surface area contributed by atoms with Crippen molar-refractivity contribution in [3.8, 4) is 0 Å². The zero-order chi connectivity index (χ0) is 12.5. The van der Waals surface area contributed by atoms with Gasteiger partial charge in [0, 0.05) is 6.54 Å². The van der Waals surface area contributed by atoms with Crippen LogP contribution in [0.5, 0.6) is 0 Å². The predicted octanol–water partition coefficient (Wildman–Crippen LogP) is 1.64. The molecule has 0 aliphatic heterocycles. The minimum absolute atomic E-state index is 0.186. The highest BCUT2D eigenvalue weighted by Crippen LogP contribution is 2.20. The van der Waals surface area contributed by atoms with Gasteiger partial charge in [0.05, 0.1) is 12.0 Å². The van der Waals surface area contributed by atoms with Gasteiger partial charge in [0.1, 0.15) is 5.52 Å². The van der Waals surface area contributed by atoms with E-state index in [1.165, 1.54) is 5.56 Å². The molecule has 2 aromatic rings. The summed E-state index contributed by atoms with van der Waals surface area (Å²) in [6.45, 7) is 3.96. The molecule has 0 saturated carbocycles. The van der Waals surface area contributed by atoms with Gasteiger partial charge in [0.2, 0.25) is 0 Å². The van der Waals surface area contributed by atoms with Crippen LogP contribution in [0.25, 0.3) is 11.1 Å². The van der Waals surface area contributed by atoms with Crippen LogP contribution in [0.15, 0.2) is 22.6 Å².